The fraction of sp³-hybridized carbons (Fsp3) is 0. The molecule has 0 aliphatic carbocycles. The second kappa shape index (κ2) is 7.37. The van der Waals surface area contributed by atoms with Gasteiger partial charge in [-0.3, -0.25) is 0 Å². The van der Waals surface area contributed by atoms with Gasteiger partial charge in [-0.2, -0.15) is 0 Å². The molecule has 0 atom stereocenters. The van der Waals surface area contributed by atoms with E-state index in [2.05, 4.69) is 24.3 Å². The normalized spacial score (nSPS) is 11.4. The maximum atomic E-state index is 13.0. The molecule has 6 aromatic rings. The van der Waals surface area contributed by atoms with E-state index in [-0.39, 0.29) is 5.63 Å². The zero-order valence-electron chi connectivity index (χ0n) is 17.0. The minimum atomic E-state index is -0.331. The summed E-state index contributed by atoms with van der Waals surface area (Å²) in [4.78, 5) is 13.0. The molecule has 0 aliphatic rings. The SMILES string of the molecule is O=c1oc2c(-c3ccccc3)c3ccccc3c(-c3ccc(Cl)cc3)c2c2ccccc12. The first-order valence-corrected chi connectivity index (χ1v) is 10.8. The average Bonchev–Trinajstić information content (AvgIpc) is 2.84. The molecule has 32 heavy (non-hydrogen) atoms. The second-order valence-electron chi connectivity index (χ2n) is 7.81. The van der Waals surface area contributed by atoms with Crippen LogP contribution in [-0.4, -0.2) is 0 Å². The van der Waals surface area contributed by atoms with Crippen molar-refractivity contribution in [2.75, 3.05) is 0 Å². The molecular weight excluding hydrogens is 416 g/mol. The predicted octanol–water partition coefficient (Wildman–Crippen LogP) is 8.09. The lowest BCUT2D eigenvalue weighted by atomic mass is 9.87. The lowest BCUT2D eigenvalue weighted by Gasteiger charge is -2.17. The van der Waals surface area contributed by atoms with Crippen molar-refractivity contribution in [3.63, 3.8) is 0 Å². The Balaban J connectivity index is 1.95. The van der Waals surface area contributed by atoms with E-state index in [4.69, 9.17) is 16.0 Å². The Morgan fingerprint density at radius 1 is 0.531 bits per heavy atom. The van der Waals surface area contributed by atoms with E-state index in [1.807, 2.05) is 78.9 Å². The van der Waals surface area contributed by atoms with E-state index in [0.717, 1.165) is 43.8 Å². The molecule has 0 spiro atoms. The number of halogens is 1. The molecule has 0 bridgehead atoms. The van der Waals surface area contributed by atoms with Gasteiger partial charge in [-0.15, -0.1) is 0 Å². The molecule has 0 radical (unpaired) electrons. The van der Waals surface area contributed by atoms with Crippen LogP contribution in [0.2, 0.25) is 5.02 Å². The van der Waals surface area contributed by atoms with Gasteiger partial charge in [-0.05, 0) is 40.1 Å². The van der Waals surface area contributed by atoms with Gasteiger partial charge in [0.2, 0.25) is 0 Å². The highest BCUT2D eigenvalue weighted by Crippen LogP contribution is 2.45. The maximum Gasteiger partial charge on any atom is 0.344 e. The molecule has 0 aliphatic heterocycles. The van der Waals surface area contributed by atoms with Gasteiger partial charge < -0.3 is 4.42 Å². The summed E-state index contributed by atoms with van der Waals surface area (Å²) in [6, 6.07) is 33.9. The predicted molar refractivity (Wildman–Crippen MR) is 133 cm³/mol. The molecule has 0 N–H and O–H groups in total. The molecule has 1 aromatic heterocycles. The van der Waals surface area contributed by atoms with Gasteiger partial charge >= 0.3 is 5.63 Å². The Bertz CT molecular complexity index is 1680. The number of hydrogen-bond acceptors (Lipinski definition) is 2. The van der Waals surface area contributed by atoms with Crippen LogP contribution in [0.1, 0.15) is 0 Å². The minimum absolute atomic E-state index is 0.331. The summed E-state index contributed by atoms with van der Waals surface area (Å²) >= 11 is 6.20. The average molecular weight is 433 g/mol. The summed E-state index contributed by atoms with van der Waals surface area (Å²) in [7, 11) is 0. The Morgan fingerprint density at radius 3 is 1.75 bits per heavy atom. The fourth-order valence-electron chi connectivity index (χ4n) is 4.61. The van der Waals surface area contributed by atoms with Crippen molar-refractivity contribution in [2.24, 2.45) is 0 Å². The van der Waals surface area contributed by atoms with Crippen LogP contribution in [0.25, 0.3) is 54.8 Å². The maximum absolute atomic E-state index is 13.0. The van der Waals surface area contributed by atoms with Crippen LogP contribution in [0.5, 0.6) is 0 Å². The summed E-state index contributed by atoms with van der Waals surface area (Å²) in [5.74, 6) is 0. The van der Waals surface area contributed by atoms with Gasteiger partial charge in [0.05, 0.1) is 5.39 Å². The largest absolute Gasteiger partial charge is 0.422 e. The number of rotatable bonds is 2. The third kappa shape index (κ3) is 2.84. The zero-order chi connectivity index (χ0) is 21.7. The molecular formula is C29H17ClO2. The van der Waals surface area contributed by atoms with E-state index in [1.165, 1.54) is 0 Å². The first kappa shape index (κ1) is 18.9. The second-order valence-corrected chi connectivity index (χ2v) is 8.24. The van der Waals surface area contributed by atoms with Crippen molar-refractivity contribution in [3.05, 3.63) is 119 Å². The van der Waals surface area contributed by atoms with Gasteiger partial charge in [0.25, 0.3) is 0 Å². The smallest absolute Gasteiger partial charge is 0.344 e. The monoisotopic (exact) mass is 432 g/mol. The standard InChI is InChI=1S/C29H17ClO2/c30-20-16-14-19(15-17-20)25-21-10-4-5-11-22(21)26(18-8-2-1-3-9-18)28-27(25)23-12-6-7-13-24(23)29(31)32-28/h1-17H. The Hall–Kier alpha value is -3.88. The molecule has 5 aromatic carbocycles. The third-order valence-electron chi connectivity index (χ3n) is 5.98. The van der Waals surface area contributed by atoms with Crippen LogP contribution in [-0.2, 0) is 0 Å². The lowest BCUT2D eigenvalue weighted by molar-refractivity contribution is 0.571. The summed E-state index contributed by atoms with van der Waals surface area (Å²) in [6.45, 7) is 0. The van der Waals surface area contributed by atoms with Gasteiger partial charge in [0.15, 0.2) is 0 Å². The van der Waals surface area contributed by atoms with Crippen molar-refractivity contribution in [1.82, 2.24) is 0 Å². The molecule has 0 saturated heterocycles. The molecule has 0 amide bonds. The summed E-state index contributed by atoms with van der Waals surface area (Å²) in [5.41, 5.74) is 4.26. The lowest BCUT2D eigenvalue weighted by Crippen LogP contribution is -2.02. The molecule has 152 valence electrons. The quantitative estimate of drug-likeness (QED) is 0.157. The zero-order valence-corrected chi connectivity index (χ0v) is 17.8. The first-order chi connectivity index (χ1) is 15.7. The highest BCUT2D eigenvalue weighted by atomic mass is 35.5. The number of benzene rings is 5. The fourth-order valence-corrected chi connectivity index (χ4v) is 4.73. The Kier molecular flexibility index (Phi) is 4.34. The van der Waals surface area contributed by atoms with Gasteiger partial charge in [-0.1, -0.05) is 96.5 Å². The molecule has 6 rings (SSSR count). The van der Waals surface area contributed by atoms with Crippen LogP contribution in [0.4, 0.5) is 0 Å². The molecule has 3 heteroatoms. The van der Waals surface area contributed by atoms with E-state index in [1.54, 1.807) is 0 Å². The highest BCUT2D eigenvalue weighted by Gasteiger charge is 2.21. The number of hydrogen-bond donors (Lipinski definition) is 0. The van der Waals surface area contributed by atoms with Crippen LogP contribution in [0, 0.1) is 0 Å². The van der Waals surface area contributed by atoms with E-state index in [9.17, 15) is 4.79 Å². The Labute approximate surface area is 189 Å². The molecule has 0 unspecified atom stereocenters. The molecule has 0 fully saturated rings. The van der Waals surface area contributed by atoms with E-state index >= 15 is 0 Å². The molecule has 0 saturated carbocycles. The third-order valence-corrected chi connectivity index (χ3v) is 6.23. The summed E-state index contributed by atoms with van der Waals surface area (Å²) < 4.78 is 6.07. The van der Waals surface area contributed by atoms with Gasteiger partial charge in [-0.25, -0.2) is 4.79 Å². The first-order valence-electron chi connectivity index (χ1n) is 10.4. The van der Waals surface area contributed by atoms with Crippen molar-refractivity contribution in [3.8, 4) is 22.3 Å². The van der Waals surface area contributed by atoms with Crippen molar-refractivity contribution in [1.29, 1.82) is 0 Å². The Morgan fingerprint density at radius 2 is 1.06 bits per heavy atom. The van der Waals surface area contributed by atoms with E-state index in [0.29, 0.717) is 16.0 Å². The van der Waals surface area contributed by atoms with Crippen LogP contribution in [0.15, 0.2) is 112 Å². The van der Waals surface area contributed by atoms with Crippen LogP contribution >= 0.6 is 11.6 Å². The van der Waals surface area contributed by atoms with Gasteiger partial charge in [0, 0.05) is 26.9 Å². The molecule has 2 nitrogen and oxygen atoms in total. The summed E-state index contributed by atoms with van der Waals surface area (Å²) in [6.07, 6.45) is 0. The highest BCUT2D eigenvalue weighted by molar-refractivity contribution is 6.31. The van der Waals surface area contributed by atoms with Crippen molar-refractivity contribution in [2.45, 2.75) is 0 Å². The minimum Gasteiger partial charge on any atom is -0.422 e. The van der Waals surface area contributed by atoms with Crippen LogP contribution in [0.3, 0.4) is 0 Å². The molecule has 1 heterocycles. The van der Waals surface area contributed by atoms with Crippen LogP contribution < -0.4 is 5.63 Å². The van der Waals surface area contributed by atoms with E-state index < -0.39 is 0 Å². The van der Waals surface area contributed by atoms with Gasteiger partial charge in [0.1, 0.15) is 5.58 Å². The summed E-state index contributed by atoms with van der Waals surface area (Å²) in [5, 5.41) is 5.20. The van der Waals surface area contributed by atoms with Crippen molar-refractivity contribution >= 4 is 44.1 Å². The van der Waals surface area contributed by atoms with Crippen molar-refractivity contribution < 1.29 is 4.42 Å². The number of fused-ring (bicyclic) bond motifs is 4. The topological polar surface area (TPSA) is 30.2 Å².